The van der Waals surface area contributed by atoms with Crippen molar-refractivity contribution < 1.29 is 0 Å². The van der Waals surface area contributed by atoms with Gasteiger partial charge in [-0.2, -0.15) is 0 Å². The first-order valence-electron chi connectivity index (χ1n) is 16.6. The number of fused-ring (bicyclic) bond motifs is 7. The second-order valence-electron chi connectivity index (χ2n) is 13.0. The molecule has 3 nitrogen and oxygen atoms in total. The topological polar surface area (TPSA) is 25.2 Å². The van der Waals surface area contributed by atoms with Crippen LogP contribution in [0, 0.1) is 0 Å². The van der Waals surface area contributed by atoms with Crippen LogP contribution in [-0.4, -0.2) is 28.6 Å². The quantitative estimate of drug-likeness (QED) is 0.193. The van der Waals surface area contributed by atoms with E-state index in [9.17, 15) is 4.79 Å². The Hall–Kier alpha value is -4.21. The summed E-state index contributed by atoms with van der Waals surface area (Å²) < 4.78 is 2.04. The Morgan fingerprint density at radius 2 is 1.18 bits per heavy atom. The van der Waals surface area contributed by atoms with Gasteiger partial charge in [0.05, 0.1) is 5.52 Å². The van der Waals surface area contributed by atoms with Gasteiger partial charge in [0.15, 0.2) is 0 Å². The zero-order valence-corrected chi connectivity index (χ0v) is 25.4. The highest BCUT2D eigenvalue weighted by molar-refractivity contribution is 6.08. The summed E-state index contributed by atoms with van der Waals surface area (Å²) in [5.74, 6) is 0. The van der Waals surface area contributed by atoms with E-state index in [4.69, 9.17) is 0 Å². The molecule has 0 saturated carbocycles. The van der Waals surface area contributed by atoms with Crippen LogP contribution in [0.1, 0.15) is 54.0 Å². The minimum absolute atomic E-state index is 0.135. The number of nitrogens with zero attached hydrogens (tertiary/aromatic N) is 2. The van der Waals surface area contributed by atoms with Crippen LogP contribution in [0.5, 0.6) is 0 Å². The molecule has 220 valence electrons. The molecular formula is C41H40N2O. The zero-order valence-electron chi connectivity index (χ0n) is 25.4. The lowest BCUT2D eigenvalue weighted by Crippen LogP contribution is -2.43. The largest absolute Gasteiger partial charge is 0.305 e. The number of hydrogen-bond acceptors (Lipinski definition) is 2. The van der Waals surface area contributed by atoms with Gasteiger partial charge in [-0.15, -0.1) is 0 Å². The van der Waals surface area contributed by atoms with Gasteiger partial charge in [-0.3, -0.25) is 9.69 Å². The van der Waals surface area contributed by atoms with E-state index < -0.39 is 0 Å². The number of hydrogen-bond donors (Lipinski definition) is 0. The van der Waals surface area contributed by atoms with Crippen LogP contribution < -0.4 is 5.56 Å². The summed E-state index contributed by atoms with van der Waals surface area (Å²) in [6, 6.07) is 39.7. The summed E-state index contributed by atoms with van der Waals surface area (Å²) >= 11 is 0. The van der Waals surface area contributed by atoms with Crippen molar-refractivity contribution in [2.45, 2.75) is 63.5 Å². The van der Waals surface area contributed by atoms with Crippen molar-refractivity contribution in [3.05, 3.63) is 142 Å². The molecule has 5 aromatic carbocycles. The second kappa shape index (κ2) is 11.7. The number of para-hydroxylation sites is 1. The Balaban J connectivity index is 0.000000140. The summed E-state index contributed by atoms with van der Waals surface area (Å²) in [5, 5.41) is 6.80. The van der Waals surface area contributed by atoms with Crippen LogP contribution in [0.3, 0.4) is 0 Å². The van der Waals surface area contributed by atoms with Gasteiger partial charge in [-0.05, 0) is 113 Å². The highest BCUT2D eigenvalue weighted by Crippen LogP contribution is 2.34. The molecule has 3 heteroatoms. The minimum atomic E-state index is 0.135. The molecule has 44 heavy (non-hydrogen) atoms. The van der Waals surface area contributed by atoms with Crippen LogP contribution in [0.4, 0.5) is 0 Å². The lowest BCUT2D eigenvalue weighted by atomic mass is 9.86. The first-order valence-corrected chi connectivity index (χ1v) is 16.6. The summed E-state index contributed by atoms with van der Waals surface area (Å²) in [6.07, 6.45) is 9.68. The van der Waals surface area contributed by atoms with Gasteiger partial charge < -0.3 is 4.57 Å². The molecule has 0 atom stereocenters. The van der Waals surface area contributed by atoms with E-state index in [1.54, 1.807) is 17.2 Å². The van der Waals surface area contributed by atoms with Crippen molar-refractivity contribution >= 4 is 32.4 Å². The fourth-order valence-electron chi connectivity index (χ4n) is 8.23. The first kappa shape index (κ1) is 27.3. The van der Waals surface area contributed by atoms with Crippen LogP contribution in [0.25, 0.3) is 32.4 Å². The molecular weight excluding hydrogens is 536 g/mol. The summed E-state index contributed by atoms with van der Waals surface area (Å²) in [4.78, 5) is 15.2. The molecule has 0 N–H and O–H groups in total. The highest BCUT2D eigenvalue weighted by atomic mass is 16.1. The van der Waals surface area contributed by atoms with Gasteiger partial charge in [0.1, 0.15) is 0 Å². The fourth-order valence-corrected chi connectivity index (χ4v) is 8.23. The monoisotopic (exact) mass is 576 g/mol. The molecule has 2 aliphatic carbocycles. The van der Waals surface area contributed by atoms with E-state index in [1.807, 2.05) is 22.8 Å². The van der Waals surface area contributed by atoms with Crippen molar-refractivity contribution in [1.29, 1.82) is 0 Å². The van der Waals surface area contributed by atoms with Gasteiger partial charge in [0, 0.05) is 31.2 Å². The van der Waals surface area contributed by atoms with Crippen molar-refractivity contribution in [3.8, 4) is 0 Å². The summed E-state index contributed by atoms with van der Waals surface area (Å²) in [5.41, 5.74) is 7.42. The van der Waals surface area contributed by atoms with Crippen LogP contribution in [0.2, 0.25) is 0 Å². The van der Waals surface area contributed by atoms with Crippen LogP contribution in [-0.2, 0) is 25.7 Å². The molecule has 1 aliphatic heterocycles. The Kier molecular flexibility index (Phi) is 7.28. The average molecular weight is 577 g/mol. The van der Waals surface area contributed by atoms with E-state index in [-0.39, 0.29) is 5.56 Å². The second-order valence-corrected chi connectivity index (χ2v) is 13.0. The number of piperidine rings is 1. The van der Waals surface area contributed by atoms with Crippen molar-refractivity contribution in [1.82, 2.24) is 9.47 Å². The van der Waals surface area contributed by atoms with Crippen molar-refractivity contribution in [2.24, 2.45) is 0 Å². The fraction of sp³-hybridized carbons (Fsp3) is 0.293. The van der Waals surface area contributed by atoms with Gasteiger partial charge in [-0.25, -0.2) is 0 Å². The molecule has 0 radical (unpaired) electrons. The minimum Gasteiger partial charge on any atom is -0.305 e. The third kappa shape index (κ3) is 5.04. The highest BCUT2D eigenvalue weighted by Gasteiger charge is 2.30. The number of aryl methyl sites for hydroxylation is 2. The zero-order chi connectivity index (χ0) is 29.5. The normalized spacial score (nSPS) is 17.4. The maximum atomic E-state index is 12.6. The average Bonchev–Trinajstić information content (AvgIpc) is 3.53. The Morgan fingerprint density at radius 3 is 2.00 bits per heavy atom. The molecule has 6 aromatic rings. The SMILES string of the molecule is O=c1ccc2ccccc2n1C1CCN(C2Cc3ccccc3C2)CC1.c1ccc2c(c1)ccc1c3c(ccc12)CCCC3. The molecule has 3 aliphatic rings. The van der Waals surface area contributed by atoms with Gasteiger partial charge >= 0.3 is 0 Å². The van der Waals surface area contributed by atoms with Crippen molar-refractivity contribution in [3.63, 3.8) is 0 Å². The molecule has 0 bridgehead atoms. The van der Waals surface area contributed by atoms with Gasteiger partial charge in [0.25, 0.3) is 5.56 Å². The predicted molar refractivity (Wildman–Crippen MR) is 184 cm³/mol. The van der Waals surface area contributed by atoms with E-state index >= 15 is 0 Å². The molecule has 9 rings (SSSR count). The number of likely N-dealkylation sites (tertiary alicyclic amines) is 1. The van der Waals surface area contributed by atoms with Gasteiger partial charge in [0.2, 0.25) is 0 Å². The number of pyridine rings is 1. The number of benzene rings is 5. The molecule has 0 unspecified atom stereocenters. The standard InChI is InChI=1S/C23H24N2O.C18H16/c26-23-10-9-17-5-3-4-8-22(17)25(23)20-11-13-24(14-12-20)21-15-18-6-1-2-7-19(18)16-21;1-3-7-15-13(5-1)9-11-18-16-8-4-2-6-14(16)10-12-17(15)18/h1-10,20-21H,11-16H2;1,3,5,7,9-12H,2,4,6,8H2. The third-order valence-electron chi connectivity index (χ3n) is 10.5. The summed E-state index contributed by atoms with van der Waals surface area (Å²) in [6.45, 7) is 2.16. The molecule has 1 fully saturated rings. The maximum absolute atomic E-state index is 12.6. The predicted octanol–water partition coefficient (Wildman–Crippen LogP) is 8.68. The Morgan fingerprint density at radius 1 is 0.523 bits per heavy atom. The number of aromatic nitrogens is 1. The molecule has 0 spiro atoms. The molecule has 1 aromatic heterocycles. The van der Waals surface area contributed by atoms with Crippen molar-refractivity contribution in [2.75, 3.05) is 13.1 Å². The van der Waals surface area contributed by atoms with Crippen LogP contribution in [0.15, 0.2) is 114 Å². The van der Waals surface area contributed by atoms with Gasteiger partial charge in [-0.1, -0.05) is 91.0 Å². The smallest absolute Gasteiger partial charge is 0.251 e. The summed E-state index contributed by atoms with van der Waals surface area (Å²) in [7, 11) is 0. The van der Waals surface area contributed by atoms with E-state index in [1.165, 1.54) is 71.2 Å². The number of rotatable bonds is 2. The van der Waals surface area contributed by atoms with Crippen LogP contribution >= 0.6 is 0 Å². The van der Waals surface area contributed by atoms with E-state index in [2.05, 4.69) is 89.8 Å². The Labute approximate surface area is 259 Å². The van der Waals surface area contributed by atoms with E-state index in [0.29, 0.717) is 12.1 Å². The third-order valence-corrected chi connectivity index (χ3v) is 10.5. The first-order chi connectivity index (χ1) is 21.7. The molecule has 1 saturated heterocycles. The Bertz CT molecular complexity index is 2010. The lowest BCUT2D eigenvalue weighted by molar-refractivity contribution is 0.138. The maximum Gasteiger partial charge on any atom is 0.251 e. The molecule has 2 heterocycles. The molecule has 0 amide bonds. The van der Waals surface area contributed by atoms with E-state index in [0.717, 1.165) is 36.8 Å². The lowest BCUT2D eigenvalue weighted by Gasteiger charge is -2.37.